The molecule has 0 spiro atoms. The molecule has 0 nitrogen and oxygen atoms in total. The molecule has 0 heteroatoms. The van der Waals surface area contributed by atoms with E-state index in [1.54, 1.807) is 0 Å². The summed E-state index contributed by atoms with van der Waals surface area (Å²) in [6.07, 6.45) is 6.75. The molecule has 1 unspecified atom stereocenters. The molecule has 0 radical (unpaired) electrons. The quantitative estimate of drug-likeness (QED) is 0.510. The van der Waals surface area contributed by atoms with Gasteiger partial charge in [-0.25, -0.2) is 0 Å². The number of hydrogen-bond acceptors (Lipinski definition) is 0. The summed E-state index contributed by atoms with van der Waals surface area (Å²) in [5.41, 5.74) is 0.936. The Labute approximate surface area is 97.8 Å². The molecule has 0 aromatic carbocycles. The summed E-state index contributed by atoms with van der Waals surface area (Å²) in [6, 6.07) is 0. The summed E-state index contributed by atoms with van der Waals surface area (Å²) in [4.78, 5) is 0. The predicted molar refractivity (Wildman–Crippen MR) is 71.2 cm³/mol. The minimum Gasteiger partial charge on any atom is -0.0654 e. The molecule has 0 saturated heterocycles. The molecule has 15 heavy (non-hydrogen) atoms. The van der Waals surface area contributed by atoms with Crippen molar-refractivity contribution in [1.82, 2.24) is 0 Å². The van der Waals surface area contributed by atoms with Gasteiger partial charge in [-0.15, -0.1) is 0 Å². The molecule has 0 aromatic heterocycles. The molecule has 0 fully saturated rings. The summed E-state index contributed by atoms with van der Waals surface area (Å²) in [5.74, 6) is 0.927. The van der Waals surface area contributed by atoms with Crippen molar-refractivity contribution in [1.29, 1.82) is 0 Å². The Morgan fingerprint density at radius 1 is 0.867 bits per heavy atom. The van der Waals surface area contributed by atoms with E-state index >= 15 is 0 Å². The highest BCUT2D eigenvalue weighted by atomic mass is 14.4. The molecule has 0 saturated carbocycles. The van der Waals surface area contributed by atoms with Gasteiger partial charge in [0.25, 0.3) is 0 Å². The number of rotatable bonds is 7. The van der Waals surface area contributed by atoms with E-state index in [-0.39, 0.29) is 0 Å². The van der Waals surface area contributed by atoms with E-state index in [4.69, 9.17) is 0 Å². The predicted octanol–water partition coefficient (Wildman–Crippen LogP) is 5.67. The van der Waals surface area contributed by atoms with Crippen molar-refractivity contribution in [2.24, 2.45) is 16.7 Å². The highest BCUT2D eigenvalue weighted by Crippen LogP contribution is 2.46. The zero-order valence-corrected chi connectivity index (χ0v) is 12.1. The molecule has 0 aliphatic carbocycles. The fourth-order valence-corrected chi connectivity index (χ4v) is 2.34. The van der Waals surface area contributed by atoms with E-state index in [2.05, 4.69) is 48.5 Å². The fraction of sp³-hybridized carbons (Fsp3) is 1.00. The standard InChI is InChI=1S/C15H32/c1-8-11-13(9-2)12-15(6,7)14(4,5)10-3/h13H,8-12H2,1-7H3. The van der Waals surface area contributed by atoms with Crippen LogP contribution in [0.4, 0.5) is 0 Å². The Morgan fingerprint density at radius 3 is 1.73 bits per heavy atom. The summed E-state index contributed by atoms with van der Waals surface area (Å²) < 4.78 is 0. The Hall–Kier alpha value is 0. The van der Waals surface area contributed by atoms with Gasteiger partial charge in [-0.3, -0.25) is 0 Å². The van der Waals surface area contributed by atoms with Crippen molar-refractivity contribution in [2.45, 2.75) is 80.6 Å². The largest absolute Gasteiger partial charge is 0.0654 e. The lowest BCUT2D eigenvalue weighted by Gasteiger charge is -2.43. The van der Waals surface area contributed by atoms with Crippen molar-refractivity contribution in [3.05, 3.63) is 0 Å². The molecule has 0 bridgehead atoms. The average Bonchev–Trinajstić information content (AvgIpc) is 2.16. The van der Waals surface area contributed by atoms with Crippen LogP contribution < -0.4 is 0 Å². The Balaban J connectivity index is 4.46. The molecular formula is C15H32. The van der Waals surface area contributed by atoms with Crippen LogP contribution in [-0.4, -0.2) is 0 Å². The fourth-order valence-electron chi connectivity index (χ4n) is 2.34. The van der Waals surface area contributed by atoms with Gasteiger partial charge in [-0.2, -0.15) is 0 Å². The van der Waals surface area contributed by atoms with Crippen LogP contribution in [0, 0.1) is 16.7 Å². The monoisotopic (exact) mass is 212 g/mol. The van der Waals surface area contributed by atoms with Crippen LogP contribution in [0.15, 0.2) is 0 Å². The maximum Gasteiger partial charge on any atom is -0.0300 e. The zero-order valence-electron chi connectivity index (χ0n) is 12.1. The van der Waals surface area contributed by atoms with E-state index in [0.717, 1.165) is 5.92 Å². The lowest BCUT2D eigenvalue weighted by atomic mass is 9.62. The van der Waals surface area contributed by atoms with Crippen LogP contribution in [0.25, 0.3) is 0 Å². The van der Waals surface area contributed by atoms with Crippen LogP contribution in [0.1, 0.15) is 80.6 Å². The summed E-state index contributed by atoms with van der Waals surface area (Å²) >= 11 is 0. The lowest BCUT2D eigenvalue weighted by molar-refractivity contribution is 0.0699. The van der Waals surface area contributed by atoms with Crippen LogP contribution >= 0.6 is 0 Å². The van der Waals surface area contributed by atoms with E-state index in [0.29, 0.717) is 10.8 Å². The topological polar surface area (TPSA) is 0 Å². The second kappa shape index (κ2) is 5.92. The maximum atomic E-state index is 2.45. The summed E-state index contributed by atoms with van der Waals surface area (Å²) in [5, 5.41) is 0. The third kappa shape index (κ3) is 4.17. The van der Waals surface area contributed by atoms with E-state index in [1.165, 1.54) is 32.1 Å². The van der Waals surface area contributed by atoms with Gasteiger partial charge < -0.3 is 0 Å². The minimum atomic E-state index is 0.466. The van der Waals surface area contributed by atoms with Crippen LogP contribution in [0.3, 0.4) is 0 Å². The third-order valence-electron chi connectivity index (χ3n) is 4.79. The van der Waals surface area contributed by atoms with Crippen molar-refractivity contribution in [3.8, 4) is 0 Å². The third-order valence-corrected chi connectivity index (χ3v) is 4.79. The second-order valence-electron chi connectivity index (χ2n) is 6.39. The Kier molecular flexibility index (Phi) is 5.92. The van der Waals surface area contributed by atoms with Gasteiger partial charge in [0.2, 0.25) is 0 Å². The first-order valence-corrected chi connectivity index (χ1v) is 6.80. The first-order valence-electron chi connectivity index (χ1n) is 6.80. The summed E-state index contributed by atoms with van der Waals surface area (Å²) in [6.45, 7) is 16.7. The molecule has 0 aliphatic rings. The van der Waals surface area contributed by atoms with E-state index in [1.807, 2.05) is 0 Å². The van der Waals surface area contributed by atoms with Crippen molar-refractivity contribution in [3.63, 3.8) is 0 Å². The highest BCUT2D eigenvalue weighted by Gasteiger charge is 2.36. The Bertz CT molecular complexity index is 165. The minimum absolute atomic E-state index is 0.466. The highest BCUT2D eigenvalue weighted by molar-refractivity contribution is 4.86. The van der Waals surface area contributed by atoms with Gasteiger partial charge in [0.15, 0.2) is 0 Å². The normalized spacial score (nSPS) is 15.4. The SMILES string of the molecule is CCCC(CC)CC(C)(C)C(C)(C)CC. The molecule has 0 rings (SSSR count). The van der Waals surface area contributed by atoms with Crippen molar-refractivity contribution < 1.29 is 0 Å². The molecule has 92 valence electrons. The average molecular weight is 212 g/mol. The Morgan fingerprint density at radius 2 is 1.40 bits per heavy atom. The van der Waals surface area contributed by atoms with Gasteiger partial charge in [-0.05, 0) is 23.2 Å². The van der Waals surface area contributed by atoms with E-state index < -0.39 is 0 Å². The lowest BCUT2D eigenvalue weighted by Crippen LogP contribution is -2.33. The molecule has 0 aliphatic heterocycles. The van der Waals surface area contributed by atoms with Gasteiger partial charge in [0.05, 0.1) is 0 Å². The first-order chi connectivity index (χ1) is 6.80. The molecule has 1 atom stereocenters. The van der Waals surface area contributed by atoms with Crippen molar-refractivity contribution >= 4 is 0 Å². The van der Waals surface area contributed by atoms with Crippen LogP contribution in [-0.2, 0) is 0 Å². The van der Waals surface area contributed by atoms with Crippen LogP contribution in [0.5, 0.6) is 0 Å². The van der Waals surface area contributed by atoms with Gasteiger partial charge in [0.1, 0.15) is 0 Å². The molecule has 0 heterocycles. The summed E-state index contributed by atoms with van der Waals surface area (Å²) in [7, 11) is 0. The zero-order chi connectivity index (χ0) is 12.1. The van der Waals surface area contributed by atoms with E-state index in [9.17, 15) is 0 Å². The molecular weight excluding hydrogens is 180 g/mol. The molecule has 0 aromatic rings. The smallest absolute Gasteiger partial charge is 0.0300 e. The maximum absolute atomic E-state index is 2.45. The number of hydrogen-bond donors (Lipinski definition) is 0. The molecule has 0 amide bonds. The first kappa shape index (κ1) is 15.0. The molecule has 0 N–H and O–H groups in total. The second-order valence-corrected chi connectivity index (χ2v) is 6.39. The van der Waals surface area contributed by atoms with Gasteiger partial charge in [0, 0.05) is 0 Å². The van der Waals surface area contributed by atoms with Crippen molar-refractivity contribution in [2.75, 3.05) is 0 Å². The van der Waals surface area contributed by atoms with Gasteiger partial charge in [-0.1, -0.05) is 74.1 Å². The van der Waals surface area contributed by atoms with Crippen LogP contribution in [0.2, 0.25) is 0 Å². The van der Waals surface area contributed by atoms with Gasteiger partial charge >= 0.3 is 0 Å².